The summed E-state index contributed by atoms with van der Waals surface area (Å²) < 4.78 is 28.5. The van der Waals surface area contributed by atoms with Gasteiger partial charge < -0.3 is 10.5 Å². The summed E-state index contributed by atoms with van der Waals surface area (Å²) in [5.41, 5.74) is 6.07. The van der Waals surface area contributed by atoms with Gasteiger partial charge in [0, 0.05) is 5.69 Å². The predicted octanol–water partition coefficient (Wildman–Crippen LogP) is 1.58. The van der Waals surface area contributed by atoms with Gasteiger partial charge in [-0.25, -0.2) is 13.6 Å². The first kappa shape index (κ1) is 13.9. The highest BCUT2D eigenvalue weighted by molar-refractivity contribution is 7.89. The molecule has 0 aliphatic rings. The van der Waals surface area contributed by atoms with Gasteiger partial charge >= 0.3 is 0 Å². The van der Waals surface area contributed by atoms with E-state index in [-0.39, 0.29) is 27.6 Å². The van der Waals surface area contributed by atoms with Gasteiger partial charge in [0.25, 0.3) is 0 Å². The van der Waals surface area contributed by atoms with Crippen molar-refractivity contribution in [1.82, 2.24) is 0 Å². The molecule has 2 aromatic rings. The molecule has 0 unspecified atom stereocenters. The lowest BCUT2D eigenvalue weighted by Crippen LogP contribution is -2.13. The summed E-state index contributed by atoms with van der Waals surface area (Å²) in [6.45, 7) is 0. The second kappa shape index (κ2) is 5.21. The van der Waals surface area contributed by atoms with Crippen molar-refractivity contribution in [1.29, 1.82) is 5.26 Å². The monoisotopic (exact) mass is 289 g/mol. The second-order valence-electron chi connectivity index (χ2n) is 3.96. The predicted molar refractivity (Wildman–Crippen MR) is 73.5 cm³/mol. The van der Waals surface area contributed by atoms with Gasteiger partial charge in [-0.1, -0.05) is 12.1 Å². The van der Waals surface area contributed by atoms with Gasteiger partial charge in [-0.15, -0.1) is 0 Å². The number of sulfonamides is 1. The molecule has 7 heteroatoms. The van der Waals surface area contributed by atoms with Crippen LogP contribution in [0.25, 0.3) is 0 Å². The van der Waals surface area contributed by atoms with Gasteiger partial charge in [0.15, 0.2) is 0 Å². The Kier molecular flexibility index (Phi) is 3.61. The van der Waals surface area contributed by atoms with Crippen molar-refractivity contribution in [3.05, 3.63) is 48.0 Å². The number of anilines is 1. The molecule has 4 N–H and O–H groups in total. The minimum Gasteiger partial charge on any atom is -0.455 e. The molecule has 20 heavy (non-hydrogen) atoms. The van der Waals surface area contributed by atoms with Crippen LogP contribution in [-0.4, -0.2) is 8.42 Å². The molecule has 0 aliphatic carbocycles. The van der Waals surface area contributed by atoms with Crippen molar-refractivity contribution in [3.63, 3.8) is 0 Å². The van der Waals surface area contributed by atoms with Crippen molar-refractivity contribution in [3.8, 4) is 17.6 Å². The molecule has 2 rings (SSSR count). The topological polar surface area (TPSA) is 119 Å². The van der Waals surface area contributed by atoms with E-state index in [0.717, 1.165) is 0 Å². The first-order valence-electron chi connectivity index (χ1n) is 5.51. The molecule has 0 spiro atoms. The molecule has 0 fully saturated rings. The van der Waals surface area contributed by atoms with Gasteiger partial charge in [-0.05, 0) is 30.3 Å². The first-order valence-corrected chi connectivity index (χ1v) is 7.06. The number of nitrogen functional groups attached to an aromatic ring is 1. The third-order valence-corrected chi connectivity index (χ3v) is 3.43. The molecule has 102 valence electrons. The Labute approximate surface area is 116 Å². The highest BCUT2D eigenvalue weighted by Gasteiger charge is 2.17. The Hall–Kier alpha value is -2.56. The SMILES string of the molecule is N#Cc1ccccc1Oc1ccc(N)cc1S(N)(=O)=O. The van der Waals surface area contributed by atoms with E-state index in [4.69, 9.17) is 20.9 Å². The third-order valence-electron chi connectivity index (χ3n) is 2.50. The number of para-hydroxylation sites is 1. The summed E-state index contributed by atoms with van der Waals surface area (Å²) in [4.78, 5) is -0.231. The molecule has 0 saturated carbocycles. The van der Waals surface area contributed by atoms with Gasteiger partial charge in [0.2, 0.25) is 10.0 Å². The van der Waals surface area contributed by atoms with Crippen LogP contribution in [0, 0.1) is 11.3 Å². The van der Waals surface area contributed by atoms with Crippen molar-refractivity contribution < 1.29 is 13.2 Å². The smallest absolute Gasteiger partial charge is 0.241 e. The molecular formula is C13H11N3O3S. The molecule has 0 saturated heterocycles. The summed E-state index contributed by atoms with van der Waals surface area (Å²) in [5, 5.41) is 14.1. The van der Waals surface area contributed by atoms with E-state index in [1.807, 2.05) is 6.07 Å². The summed E-state index contributed by atoms with van der Waals surface area (Å²) in [5.74, 6) is 0.258. The fourth-order valence-corrected chi connectivity index (χ4v) is 2.29. The molecule has 0 aliphatic heterocycles. The first-order chi connectivity index (χ1) is 9.41. The second-order valence-corrected chi connectivity index (χ2v) is 5.49. The zero-order valence-electron chi connectivity index (χ0n) is 10.3. The van der Waals surface area contributed by atoms with Crippen LogP contribution >= 0.6 is 0 Å². The molecule has 0 radical (unpaired) electrons. The van der Waals surface area contributed by atoms with E-state index in [1.165, 1.54) is 18.2 Å². The minimum absolute atomic E-state index is 0.0180. The van der Waals surface area contributed by atoms with Gasteiger partial charge in [-0.2, -0.15) is 5.26 Å². The summed E-state index contributed by atoms with van der Waals surface area (Å²) >= 11 is 0. The minimum atomic E-state index is -3.98. The standard InChI is InChI=1S/C13H11N3O3S/c14-8-9-3-1-2-4-11(9)19-12-6-5-10(15)7-13(12)20(16,17)18/h1-7H,15H2,(H2,16,17,18). The number of rotatable bonds is 3. The van der Waals surface area contributed by atoms with Crippen LogP contribution in [0.15, 0.2) is 47.4 Å². The Morgan fingerprint density at radius 3 is 2.45 bits per heavy atom. The molecule has 2 aromatic carbocycles. The fraction of sp³-hybridized carbons (Fsp3) is 0. The zero-order valence-corrected chi connectivity index (χ0v) is 11.1. The van der Waals surface area contributed by atoms with Crippen molar-refractivity contribution in [2.75, 3.05) is 5.73 Å². The Morgan fingerprint density at radius 1 is 1.10 bits per heavy atom. The molecule has 0 aromatic heterocycles. The fourth-order valence-electron chi connectivity index (χ4n) is 1.60. The van der Waals surface area contributed by atoms with Crippen LogP contribution < -0.4 is 15.6 Å². The third kappa shape index (κ3) is 2.88. The molecule has 0 heterocycles. The molecule has 6 nitrogen and oxygen atoms in total. The Balaban J connectivity index is 2.53. The van der Waals surface area contributed by atoms with Gasteiger partial charge in [-0.3, -0.25) is 0 Å². The summed E-state index contributed by atoms with van der Waals surface area (Å²) in [7, 11) is -3.98. The molecule has 0 amide bonds. The van der Waals surface area contributed by atoms with E-state index < -0.39 is 10.0 Å². The van der Waals surface area contributed by atoms with Crippen LogP contribution in [0.1, 0.15) is 5.56 Å². The van der Waals surface area contributed by atoms with Crippen LogP contribution in [0.5, 0.6) is 11.5 Å². The Bertz CT molecular complexity index is 795. The van der Waals surface area contributed by atoms with Crippen molar-refractivity contribution in [2.45, 2.75) is 4.90 Å². The van der Waals surface area contributed by atoms with E-state index in [1.54, 1.807) is 24.3 Å². The normalized spacial score (nSPS) is 10.8. The summed E-state index contributed by atoms with van der Waals surface area (Å²) in [6, 6.07) is 12.5. The van der Waals surface area contributed by atoms with Gasteiger partial charge in [0.05, 0.1) is 5.56 Å². The van der Waals surface area contributed by atoms with E-state index in [2.05, 4.69) is 0 Å². The highest BCUT2D eigenvalue weighted by Crippen LogP contribution is 2.31. The number of ether oxygens (including phenoxy) is 1. The maximum atomic E-state index is 11.5. The maximum Gasteiger partial charge on any atom is 0.241 e. The van der Waals surface area contributed by atoms with E-state index in [9.17, 15) is 8.42 Å². The zero-order chi connectivity index (χ0) is 14.8. The number of nitrogens with zero attached hydrogens (tertiary/aromatic N) is 1. The molecule has 0 bridgehead atoms. The quantitative estimate of drug-likeness (QED) is 0.831. The number of primary sulfonamides is 1. The Morgan fingerprint density at radius 2 is 1.80 bits per heavy atom. The number of benzene rings is 2. The number of hydrogen-bond donors (Lipinski definition) is 2. The number of hydrogen-bond acceptors (Lipinski definition) is 5. The average molecular weight is 289 g/mol. The van der Waals surface area contributed by atoms with E-state index >= 15 is 0 Å². The van der Waals surface area contributed by atoms with Gasteiger partial charge in [0.1, 0.15) is 22.5 Å². The molecular weight excluding hydrogens is 278 g/mol. The lowest BCUT2D eigenvalue weighted by molar-refractivity contribution is 0.466. The molecule has 0 atom stereocenters. The van der Waals surface area contributed by atoms with Crippen LogP contribution in [0.3, 0.4) is 0 Å². The largest absolute Gasteiger partial charge is 0.455 e. The van der Waals surface area contributed by atoms with Crippen LogP contribution in [-0.2, 0) is 10.0 Å². The van der Waals surface area contributed by atoms with Crippen LogP contribution in [0.4, 0.5) is 5.69 Å². The summed E-state index contributed by atoms with van der Waals surface area (Å²) in [6.07, 6.45) is 0. The lowest BCUT2D eigenvalue weighted by atomic mass is 10.2. The van der Waals surface area contributed by atoms with E-state index in [0.29, 0.717) is 0 Å². The average Bonchev–Trinajstić information content (AvgIpc) is 2.40. The number of nitrogens with two attached hydrogens (primary N) is 2. The number of nitriles is 1. The van der Waals surface area contributed by atoms with Crippen molar-refractivity contribution in [2.24, 2.45) is 5.14 Å². The van der Waals surface area contributed by atoms with Crippen LogP contribution in [0.2, 0.25) is 0 Å². The van der Waals surface area contributed by atoms with Crippen molar-refractivity contribution >= 4 is 15.7 Å². The lowest BCUT2D eigenvalue weighted by Gasteiger charge is -2.11. The maximum absolute atomic E-state index is 11.5. The highest BCUT2D eigenvalue weighted by atomic mass is 32.2.